The van der Waals surface area contributed by atoms with Crippen molar-refractivity contribution in [2.75, 3.05) is 5.32 Å². The summed E-state index contributed by atoms with van der Waals surface area (Å²) >= 11 is 0. The normalized spacial score (nSPS) is 14.4. The van der Waals surface area contributed by atoms with Gasteiger partial charge in [0.1, 0.15) is 6.04 Å². The van der Waals surface area contributed by atoms with Crippen LogP contribution in [0.2, 0.25) is 0 Å². The number of benzene rings is 2. The first-order valence-corrected chi connectivity index (χ1v) is 11.0. The van der Waals surface area contributed by atoms with Gasteiger partial charge in [0.25, 0.3) is 5.91 Å². The number of amides is 1. The number of aryl methyl sites for hydroxylation is 1. The molecule has 3 N–H and O–H groups in total. The summed E-state index contributed by atoms with van der Waals surface area (Å²) in [5.74, 6) is -0.424. The first kappa shape index (κ1) is 21.7. The van der Waals surface area contributed by atoms with Crippen molar-refractivity contribution >= 4 is 28.7 Å². The Morgan fingerprint density at radius 3 is 2.62 bits per heavy atom. The highest BCUT2D eigenvalue weighted by atomic mass is 16.4. The molecule has 7 nitrogen and oxygen atoms in total. The van der Waals surface area contributed by atoms with E-state index >= 15 is 0 Å². The summed E-state index contributed by atoms with van der Waals surface area (Å²) < 4.78 is 0. The van der Waals surface area contributed by atoms with Crippen molar-refractivity contribution in [3.8, 4) is 11.1 Å². The van der Waals surface area contributed by atoms with Gasteiger partial charge in [0.15, 0.2) is 0 Å². The molecule has 0 radical (unpaired) electrons. The Bertz CT molecular complexity index is 1170. The molecule has 1 saturated carbocycles. The highest BCUT2D eigenvalue weighted by molar-refractivity contribution is 5.96. The molecule has 1 atom stereocenters. The summed E-state index contributed by atoms with van der Waals surface area (Å²) in [6.07, 6.45) is 4.29. The molecular formula is C25H28N4O3. The van der Waals surface area contributed by atoms with Crippen LogP contribution in [0.25, 0.3) is 22.0 Å². The van der Waals surface area contributed by atoms with E-state index in [4.69, 9.17) is 0 Å². The molecule has 1 aliphatic rings. The van der Waals surface area contributed by atoms with Crippen LogP contribution in [0, 0.1) is 12.8 Å². The number of nitrogens with zero attached hydrogens (tertiary/aromatic N) is 2. The average Bonchev–Trinajstić information content (AvgIpc) is 3.57. The molecule has 1 amide bonds. The lowest BCUT2D eigenvalue weighted by molar-refractivity contribution is -0.138. The fraction of sp³-hybridized carbons (Fsp3) is 0.360. The van der Waals surface area contributed by atoms with E-state index in [0.29, 0.717) is 24.0 Å². The van der Waals surface area contributed by atoms with Crippen molar-refractivity contribution < 1.29 is 14.7 Å². The summed E-state index contributed by atoms with van der Waals surface area (Å²) in [6.45, 7) is 5.98. The van der Waals surface area contributed by atoms with Gasteiger partial charge in [0, 0.05) is 23.2 Å². The van der Waals surface area contributed by atoms with Gasteiger partial charge in [-0.1, -0.05) is 26.0 Å². The molecule has 3 aromatic rings. The van der Waals surface area contributed by atoms with Crippen LogP contribution in [-0.4, -0.2) is 39.0 Å². The van der Waals surface area contributed by atoms with Crippen LogP contribution in [0.3, 0.4) is 0 Å². The number of carbonyl (C=O) groups is 2. The number of aromatic nitrogens is 2. The predicted molar refractivity (Wildman–Crippen MR) is 125 cm³/mol. The number of rotatable bonds is 8. The lowest BCUT2D eigenvalue weighted by Gasteiger charge is -2.16. The second-order valence-electron chi connectivity index (χ2n) is 8.91. The molecule has 0 aliphatic heterocycles. The Labute approximate surface area is 187 Å². The number of carboxylic acids is 1. The molecule has 2 aromatic carbocycles. The van der Waals surface area contributed by atoms with Gasteiger partial charge in [-0.05, 0) is 73.1 Å². The number of hydrogen-bond acceptors (Lipinski definition) is 5. The maximum Gasteiger partial charge on any atom is 0.326 e. The Hall–Kier alpha value is -3.48. The Morgan fingerprint density at radius 2 is 1.94 bits per heavy atom. The van der Waals surface area contributed by atoms with E-state index in [2.05, 4.69) is 20.6 Å². The third kappa shape index (κ3) is 5.04. The zero-order valence-electron chi connectivity index (χ0n) is 18.6. The minimum absolute atomic E-state index is 0.0389. The first-order valence-electron chi connectivity index (χ1n) is 11.0. The summed E-state index contributed by atoms with van der Waals surface area (Å²) in [7, 11) is 0. The number of nitrogens with one attached hydrogen (secondary N) is 2. The van der Waals surface area contributed by atoms with Crippen LogP contribution in [0.15, 0.2) is 42.6 Å². The van der Waals surface area contributed by atoms with Gasteiger partial charge in [-0.2, -0.15) is 0 Å². The van der Waals surface area contributed by atoms with Crippen molar-refractivity contribution in [1.29, 1.82) is 0 Å². The number of hydrogen-bond donors (Lipinski definition) is 3. The first-order chi connectivity index (χ1) is 15.3. The molecule has 0 unspecified atom stereocenters. The Balaban J connectivity index is 1.59. The molecule has 1 aromatic heterocycles. The molecule has 0 spiro atoms. The van der Waals surface area contributed by atoms with E-state index in [1.54, 1.807) is 6.20 Å². The second-order valence-corrected chi connectivity index (χ2v) is 8.91. The van der Waals surface area contributed by atoms with Crippen LogP contribution in [0.5, 0.6) is 0 Å². The zero-order chi connectivity index (χ0) is 22.8. The van der Waals surface area contributed by atoms with Crippen molar-refractivity contribution in [2.45, 2.75) is 52.1 Å². The third-order valence-corrected chi connectivity index (χ3v) is 5.61. The molecular weight excluding hydrogens is 404 g/mol. The van der Waals surface area contributed by atoms with Crippen LogP contribution < -0.4 is 10.6 Å². The fourth-order valence-corrected chi connectivity index (χ4v) is 3.69. The van der Waals surface area contributed by atoms with Gasteiger partial charge in [0.2, 0.25) is 5.95 Å². The number of aliphatic carboxylic acids is 1. The van der Waals surface area contributed by atoms with Gasteiger partial charge in [-0.3, -0.25) is 4.79 Å². The van der Waals surface area contributed by atoms with E-state index < -0.39 is 12.0 Å². The predicted octanol–water partition coefficient (Wildman–Crippen LogP) is 4.41. The highest BCUT2D eigenvalue weighted by Gasteiger charge is 2.24. The quantitative estimate of drug-likeness (QED) is 0.487. The molecule has 1 fully saturated rings. The van der Waals surface area contributed by atoms with Gasteiger partial charge >= 0.3 is 5.97 Å². The van der Waals surface area contributed by atoms with Crippen molar-refractivity contribution in [2.24, 2.45) is 5.92 Å². The van der Waals surface area contributed by atoms with E-state index in [0.717, 1.165) is 40.4 Å². The van der Waals surface area contributed by atoms with Crippen molar-refractivity contribution in [1.82, 2.24) is 15.3 Å². The fourth-order valence-electron chi connectivity index (χ4n) is 3.69. The van der Waals surface area contributed by atoms with Gasteiger partial charge in [-0.25, -0.2) is 14.8 Å². The molecule has 7 heteroatoms. The maximum absolute atomic E-state index is 12.5. The monoisotopic (exact) mass is 432 g/mol. The zero-order valence-corrected chi connectivity index (χ0v) is 18.6. The average molecular weight is 433 g/mol. The maximum atomic E-state index is 12.5. The number of fused-ring (bicyclic) bond motifs is 1. The van der Waals surface area contributed by atoms with Crippen molar-refractivity contribution in [3.05, 3.63) is 53.7 Å². The third-order valence-electron chi connectivity index (χ3n) is 5.61. The largest absolute Gasteiger partial charge is 0.480 e. The number of carbonyl (C=O) groups excluding carboxylic acids is 1. The number of carboxylic acid groups (broad SMARTS) is 1. The molecule has 32 heavy (non-hydrogen) atoms. The van der Waals surface area contributed by atoms with Crippen LogP contribution in [0.1, 0.15) is 49.0 Å². The molecule has 166 valence electrons. The standard InChI is InChI=1S/C25H28N4O3/c1-14(2)10-22(24(31)32)29-25-26-13-18-11-16(6-9-21(18)28-25)20-12-17(5-4-15(20)3)23(30)27-19-7-8-19/h4-6,9,11-14,19,22H,7-8,10H2,1-3H3,(H,27,30)(H,31,32)(H,26,28,29)/t22-/m0/s1. The van der Waals surface area contributed by atoms with Gasteiger partial charge in [-0.15, -0.1) is 0 Å². The van der Waals surface area contributed by atoms with E-state index in [1.807, 2.05) is 57.2 Å². The van der Waals surface area contributed by atoms with Crippen LogP contribution in [-0.2, 0) is 4.79 Å². The summed E-state index contributed by atoms with van der Waals surface area (Å²) in [5.41, 5.74) is 4.41. The highest BCUT2D eigenvalue weighted by Crippen LogP contribution is 2.28. The smallest absolute Gasteiger partial charge is 0.326 e. The topological polar surface area (TPSA) is 104 Å². The molecule has 0 bridgehead atoms. The lowest BCUT2D eigenvalue weighted by atomic mass is 9.97. The van der Waals surface area contributed by atoms with Gasteiger partial charge < -0.3 is 15.7 Å². The minimum atomic E-state index is -0.918. The number of anilines is 1. The van der Waals surface area contributed by atoms with E-state index in [1.165, 1.54) is 0 Å². The van der Waals surface area contributed by atoms with Crippen LogP contribution >= 0.6 is 0 Å². The molecule has 4 rings (SSSR count). The molecule has 1 heterocycles. The summed E-state index contributed by atoms with van der Waals surface area (Å²) in [5, 5.41) is 16.3. The van der Waals surface area contributed by atoms with E-state index in [-0.39, 0.29) is 11.8 Å². The summed E-state index contributed by atoms with van der Waals surface area (Å²) in [6, 6.07) is 11.2. The Morgan fingerprint density at radius 1 is 1.16 bits per heavy atom. The molecule has 0 saturated heterocycles. The lowest BCUT2D eigenvalue weighted by Crippen LogP contribution is -2.31. The van der Waals surface area contributed by atoms with E-state index in [9.17, 15) is 14.7 Å². The van der Waals surface area contributed by atoms with Crippen molar-refractivity contribution in [3.63, 3.8) is 0 Å². The van der Waals surface area contributed by atoms with Crippen LogP contribution in [0.4, 0.5) is 5.95 Å². The summed E-state index contributed by atoms with van der Waals surface area (Å²) in [4.78, 5) is 32.8. The Kier molecular flexibility index (Phi) is 6.08. The molecule has 1 aliphatic carbocycles. The SMILES string of the molecule is Cc1ccc(C(=O)NC2CC2)cc1-c1ccc2nc(N[C@@H](CC(C)C)C(=O)O)ncc2c1. The minimum Gasteiger partial charge on any atom is -0.480 e. The van der Waals surface area contributed by atoms with Gasteiger partial charge in [0.05, 0.1) is 5.52 Å². The second kappa shape index (κ2) is 8.94.